The van der Waals surface area contributed by atoms with E-state index in [4.69, 9.17) is 4.74 Å². The fourth-order valence-corrected chi connectivity index (χ4v) is 2.49. The second kappa shape index (κ2) is 6.21. The Kier molecular flexibility index (Phi) is 4.59. The number of carbonyl (C=O) groups is 2. The molecule has 0 aliphatic carbocycles. The number of ether oxygens (including phenoxy) is 1. The molecule has 1 aromatic rings. The summed E-state index contributed by atoms with van der Waals surface area (Å²) in [5.41, 5.74) is 0.397. The van der Waals surface area contributed by atoms with E-state index in [1.54, 1.807) is 6.92 Å². The van der Waals surface area contributed by atoms with Crippen molar-refractivity contribution >= 4 is 29.3 Å². The molecule has 1 aromatic heterocycles. The zero-order valence-electron chi connectivity index (χ0n) is 11.8. The number of hydrogen-bond donors (Lipinski definition) is 0. The van der Waals surface area contributed by atoms with Crippen LogP contribution < -0.4 is 4.90 Å². The third-order valence-corrected chi connectivity index (χ3v) is 3.73. The third-order valence-electron chi connectivity index (χ3n) is 3.17. The van der Waals surface area contributed by atoms with Crippen molar-refractivity contribution in [3.63, 3.8) is 0 Å². The second-order valence-electron chi connectivity index (χ2n) is 4.30. The van der Waals surface area contributed by atoms with Crippen LogP contribution in [0.2, 0.25) is 0 Å². The number of rotatable bonds is 4. The van der Waals surface area contributed by atoms with Crippen molar-refractivity contribution in [1.29, 1.82) is 0 Å². The molecule has 0 amide bonds. The SMILES string of the molecule is CCOC(=O)C1CN(CC)c2nc(SC)ncc2C1=O. The van der Waals surface area contributed by atoms with Crippen molar-refractivity contribution in [2.45, 2.75) is 19.0 Å². The number of Topliss-reactive ketones (excluding diaryl/α,β-unsaturated/α-hetero) is 1. The minimum Gasteiger partial charge on any atom is -0.465 e. The molecule has 1 unspecified atom stereocenters. The maximum atomic E-state index is 12.4. The number of thioether (sulfide) groups is 1. The first kappa shape index (κ1) is 14.8. The number of esters is 1. The molecule has 0 aromatic carbocycles. The van der Waals surface area contributed by atoms with Crippen LogP contribution in [0.25, 0.3) is 0 Å². The van der Waals surface area contributed by atoms with Crippen LogP contribution in [0.5, 0.6) is 0 Å². The topological polar surface area (TPSA) is 72.4 Å². The molecule has 6 nitrogen and oxygen atoms in total. The van der Waals surface area contributed by atoms with Crippen molar-refractivity contribution in [3.8, 4) is 0 Å². The summed E-state index contributed by atoms with van der Waals surface area (Å²) in [6.45, 7) is 4.93. The van der Waals surface area contributed by atoms with E-state index in [1.165, 1.54) is 18.0 Å². The van der Waals surface area contributed by atoms with E-state index in [2.05, 4.69) is 9.97 Å². The molecule has 2 heterocycles. The average Bonchev–Trinajstić information content (AvgIpc) is 2.47. The molecular formula is C13H17N3O3S. The van der Waals surface area contributed by atoms with Crippen molar-refractivity contribution in [2.75, 3.05) is 30.9 Å². The van der Waals surface area contributed by atoms with Gasteiger partial charge in [-0.05, 0) is 20.1 Å². The summed E-state index contributed by atoms with van der Waals surface area (Å²) in [4.78, 5) is 34.7. The molecule has 1 aliphatic rings. The largest absolute Gasteiger partial charge is 0.465 e. The van der Waals surface area contributed by atoms with Gasteiger partial charge in [-0.25, -0.2) is 9.97 Å². The van der Waals surface area contributed by atoms with E-state index in [1.807, 2.05) is 18.1 Å². The Hall–Kier alpha value is -1.63. The summed E-state index contributed by atoms with van der Waals surface area (Å²) in [7, 11) is 0. The molecule has 0 saturated carbocycles. The Morgan fingerprint density at radius 1 is 1.55 bits per heavy atom. The number of anilines is 1. The van der Waals surface area contributed by atoms with E-state index in [0.717, 1.165) is 0 Å². The van der Waals surface area contributed by atoms with Gasteiger partial charge in [0.25, 0.3) is 0 Å². The lowest BCUT2D eigenvalue weighted by atomic mass is 9.94. The average molecular weight is 295 g/mol. The molecule has 108 valence electrons. The molecule has 1 aliphatic heterocycles. The zero-order valence-corrected chi connectivity index (χ0v) is 12.6. The molecule has 0 spiro atoms. The highest BCUT2D eigenvalue weighted by molar-refractivity contribution is 7.98. The normalized spacial score (nSPS) is 17.9. The monoisotopic (exact) mass is 295 g/mol. The lowest BCUT2D eigenvalue weighted by molar-refractivity contribution is -0.145. The molecule has 0 fully saturated rings. The minimum atomic E-state index is -0.786. The predicted molar refractivity (Wildman–Crippen MR) is 76.2 cm³/mol. The quantitative estimate of drug-likeness (QED) is 0.360. The van der Waals surface area contributed by atoms with E-state index >= 15 is 0 Å². The first-order chi connectivity index (χ1) is 9.62. The van der Waals surface area contributed by atoms with Gasteiger partial charge in [0.15, 0.2) is 10.9 Å². The van der Waals surface area contributed by atoms with Crippen LogP contribution in [0, 0.1) is 5.92 Å². The van der Waals surface area contributed by atoms with Crippen molar-refractivity contribution < 1.29 is 14.3 Å². The fraction of sp³-hybridized carbons (Fsp3) is 0.538. The van der Waals surface area contributed by atoms with Gasteiger partial charge in [-0.15, -0.1) is 0 Å². The Labute approximate surface area is 121 Å². The lowest BCUT2D eigenvalue weighted by Crippen LogP contribution is -2.44. The molecule has 0 bridgehead atoms. The number of ketones is 1. The van der Waals surface area contributed by atoms with Gasteiger partial charge in [0.2, 0.25) is 0 Å². The molecule has 0 N–H and O–H groups in total. The van der Waals surface area contributed by atoms with Crippen molar-refractivity contribution in [3.05, 3.63) is 11.8 Å². The van der Waals surface area contributed by atoms with Crippen LogP contribution >= 0.6 is 11.8 Å². The summed E-state index contributed by atoms with van der Waals surface area (Å²) >= 11 is 1.42. The summed E-state index contributed by atoms with van der Waals surface area (Å²) in [6.07, 6.45) is 3.38. The number of fused-ring (bicyclic) bond motifs is 1. The third kappa shape index (κ3) is 2.63. The van der Waals surface area contributed by atoms with Crippen LogP contribution in [0.15, 0.2) is 11.4 Å². The summed E-state index contributed by atoms with van der Waals surface area (Å²) in [5, 5.41) is 0.615. The van der Waals surface area contributed by atoms with Gasteiger partial charge in [0, 0.05) is 19.3 Å². The van der Waals surface area contributed by atoms with E-state index in [-0.39, 0.29) is 12.4 Å². The first-order valence-electron chi connectivity index (χ1n) is 6.49. The van der Waals surface area contributed by atoms with Gasteiger partial charge in [0.1, 0.15) is 11.7 Å². The molecule has 0 radical (unpaired) electrons. The number of carbonyl (C=O) groups excluding carboxylic acids is 2. The van der Waals surface area contributed by atoms with Crippen LogP contribution in [0.4, 0.5) is 5.82 Å². The number of nitrogens with zero attached hydrogens (tertiary/aromatic N) is 3. The highest BCUT2D eigenvalue weighted by Crippen LogP contribution is 2.29. The Morgan fingerprint density at radius 2 is 2.30 bits per heavy atom. The molecule has 1 atom stereocenters. The lowest BCUT2D eigenvalue weighted by Gasteiger charge is -2.32. The highest BCUT2D eigenvalue weighted by Gasteiger charge is 2.38. The maximum absolute atomic E-state index is 12.4. The Bertz CT molecular complexity index is 536. The fourth-order valence-electron chi connectivity index (χ4n) is 2.15. The first-order valence-corrected chi connectivity index (χ1v) is 7.71. The molecule has 20 heavy (non-hydrogen) atoms. The smallest absolute Gasteiger partial charge is 0.318 e. The predicted octanol–water partition coefficient (Wildman–Crippen LogP) is 1.40. The summed E-state index contributed by atoms with van der Waals surface area (Å²) < 4.78 is 4.97. The Morgan fingerprint density at radius 3 is 2.90 bits per heavy atom. The zero-order chi connectivity index (χ0) is 14.7. The molecular weight excluding hydrogens is 278 g/mol. The van der Waals surface area contributed by atoms with Crippen molar-refractivity contribution in [1.82, 2.24) is 9.97 Å². The second-order valence-corrected chi connectivity index (χ2v) is 5.07. The van der Waals surface area contributed by atoms with Gasteiger partial charge in [-0.3, -0.25) is 9.59 Å². The standard InChI is InChI=1S/C13H17N3O3S/c1-4-16-7-9(12(18)19-5-2)10(17)8-6-14-13(20-3)15-11(8)16/h6,9H,4-5,7H2,1-3H3. The van der Waals surface area contributed by atoms with Crippen molar-refractivity contribution in [2.24, 2.45) is 5.92 Å². The van der Waals surface area contributed by atoms with Crippen LogP contribution in [-0.4, -0.2) is 47.7 Å². The van der Waals surface area contributed by atoms with Crippen LogP contribution in [0.1, 0.15) is 24.2 Å². The van der Waals surface area contributed by atoms with Gasteiger partial charge in [-0.1, -0.05) is 11.8 Å². The van der Waals surface area contributed by atoms with Crippen LogP contribution in [-0.2, 0) is 9.53 Å². The minimum absolute atomic E-state index is 0.254. The maximum Gasteiger partial charge on any atom is 0.318 e. The van der Waals surface area contributed by atoms with E-state index < -0.39 is 11.9 Å². The van der Waals surface area contributed by atoms with Crippen LogP contribution in [0.3, 0.4) is 0 Å². The van der Waals surface area contributed by atoms with Gasteiger partial charge >= 0.3 is 5.97 Å². The van der Waals surface area contributed by atoms with E-state index in [0.29, 0.717) is 29.6 Å². The summed E-state index contributed by atoms with van der Waals surface area (Å²) in [6, 6.07) is 0. The van der Waals surface area contributed by atoms with Gasteiger partial charge < -0.3 is 9.64 Å². The van der Waals surface area contributed by atoms with Gasteiger partial charge in [-0.2, -0.15) is 0 Å². The Balaban J connectivity index is 2.39. The van der Waals surface area contributed by atoms with E-state index in [9.17, 15) is 9.59 Å². The summed E-state index contributed by atoms with van der Waals surface area (Å²) in [5.74, 6) is -0.908. The molecule has 0 saturated heterocycles. The number of aromatic nitrogens is 2. The molecule has 2 rings (SSSR count). The molecule has 7 heteroatoms. The highest BCUT2D eigenvalue weighted by atomic mass is 32.2. The number of hydrogen-bond acceptors (Lipinski definition) is 7. The van der Waals surface area contributed by atoms with Gasteiger partial charge in [0.05, 0.1) is 12.2 Å².